The SMILES string of the molecule is CCCC(CC(C)(CC)CC)(C(Cl)(Cl)Br)C(Cl)(Br)OP(=O)(O)O. The molecule has 0 heterocycles. The van der Waals surface area contributed by atoms with Crippen LogP contribution in [-0.4, -0.2) is 17.0 Å². The summed E-state index contributed by atoms with van der Waals surface area (Å²) < 4.78 is 12.7. The fraction of sp³-hybridized carbons (Fsp3) is 1.00. The lowest BCUT2D eigenvalue weighted by molar-refractivity contribution is 0.0128. The molecule has 23 heavy (non-hydrogen) atoms. The Kier molecular flexibility index (Phi) is 9.49. The molecule has 0 aromatic rings. The lowest BCUT2D eigenvalue weighted by Gasteiger charge is -2.51. The normalized spacial score (nSPS) is 19.3. The molecule has 0 aliphatic heterocycles. The fourth-order valence-electron chi connectivity index (χ4n) is 2.64. The van der Waals surface area contributed by atoms with Crippen LogP contribution in [-0.2, 0) is 9.09 Å². The molecule has 2 N–H and O–H groups in total. The first-order valence-electron chi connectivity index (χ1n) is 7.30. The second-order valence-electron chi connectivity index (χ2n) is 6.12. The standard InChI is InChI=1S/C13H24Br2Cl3O4P/c1-5-8-11(12(14,16)17,9-10(4,6-2)7-3)13(15,18)22-23(19,20)21/h5-9H2,1-4H3,(H2,19,20,21). The third-order valence-electron chi connectivity index (χ3n) is 4.45. The highest BCUT2D eigenvalue weighted by atomic mass is 79.9. The summed E-state index contributed by atoms with van der Waals surface area (Å²) in [7, 11) is -4.88. The first-order chi connectivity index (χ1) is 10.1. The Hall–Kier alpha value is 1.94. The highest BCUT2D eigenvalue weighted by Gasteiger charge is 2.63. The van der Waals surface area contributed by atoms with Crippen LogP contribution in [0.4, 0.5) is 0 Å². The number of hydrogen-bond donors (Lipinski definition) is 2. The van der Waals surface area contributed by atoms with Gasteiger partial charge in [0.25, 0.3) is 0 Å². The third-order valence-corrected chi connectivity index (χ3v) is 8.16. The number of phosphoric ester groups is 1. The molecule has 0 saturated heterocycles. The van der Waals surface area contributed by atoms with Crippen LogP contribution in [0.1, 0.15) is 59.8 Å². The predicted molar refractivity (Wildman–Crippen MR) is 105 cm³/mol. The van der Waals surface area contributed by atoms with Crippen LogP contribution in [0.25, 0.3) is 0 Å². The van der Waals surface area contributed by atoms with Crippen molar-refractivity contribution in [1.29, 1.82) is 0 Å². The molecule has 0 aliphatic rings. The van der Waals surface area contributed by atoms with Gasteiger partial charge in [-0.2, -0.15) is 0 Å². The average Bonchev–Trinajstić information content (AvgIpc) is 2.33. The zero-order valence-corrected chi connectivity index (χ0v) is 19.9. The molecule has 0 aliphatic carbocycles. The van der Waals surface area contributed by atoms with Gasteiger partial charge < -0.3 is 9.79 Å². The second kappa shape index (κ2) is 8.75. The third kappa shape index (κ3) is 6.55. The van der Waals surface area contributed by atoms with Gasteiger partial charge in [0, 0.05) is 0 Å². The van der Waals surface area contributed by atoms with Crippen LogP contribution in [0.2, 0.25) is 0 Å². The molecular formula is C13H24Br2Cl3O4P. The van der Waals surface area contributed by atoms with Gasteiger partial charge in [-0.3, -0.25) is 4.52 Å². The summed E-state index contributed by atoms with van der Waals surface area (Å²) in [5.74, 6) is 0. The highest BCUT2D eigenvalue weighted by Crippen LogP contribution is 2.67. The van der Waals surface area contributed by atoms with Crippen molar-refractivity contribution in [2.45, 2.75) is 67.0 Å². The van der Waals surface area contributed by atoms with Crippen molar-refractivity contribution < 1.29 is 18.9 Å². The van der Waals surface area contributed by atoms with E-state index in [1.807, 2.05) is 20.8 Å². The van der Waals surface area contributed by atoms with E-state index in [0.717, 1.165) is 12.8 Å². The fourth-order valence-corrected chi connectivity index (χ4v) is 6.80. The molecule has 2 unspecified atom stereocenters. The largest absolute Gasteiger partial charge is 0.471 e. The van der Waals surface area contributed by atoms with Crippen LogP contribution in [0.3, 0.4) is 0 Å². The van der Waals surface area contributed by atoms with E-state index >= 15 is 0 Å². The molecular weight excluding hydrogens is 517 g/mol. The number of alkyl halides is 5. The maximum atomic E-state index is 11.4. The van der Waals surface area contributed by atoms with Crippen molar-refractivity contribution >= 4 is 74.5 Å². The summed E-state index contributed by atoms with van der Waals surface area (Å²) >= 11 is 25.6. The van der Waals surface area contributed by atoms with Crippen LogP contribution in [0.15, 0.2) is 0 Å². The monoisotopic (exact) mass is 538 g/mol. The number of halogens is 5. The highest BCUT2D eigenvalue weighted by molar-refractivity contribution is 9.11. The maximum absolute atomic E-state index is 11.4. The van der Waals surface area contributed by atoms with Gasteiger partial charge >= 0.3 is 7.82 Å². The van der Waals surface area contributed by atoms with Crippen LogP contribution in [0.5, 0.6) is 0 Å². The lowest BCUT2D eigenvalue weighted by Crippen LogP contribution is -2.52. The van der Waals surface area contributed by atoms with E-state index in [0.29, 0.717) is 19.3 Å². The van der Waals surface area contributed by atoms with E-state index in [1.54, 1.807) is 0 Å². The Morgan fingerprint density at radius 2 is 1.52 bits per heavy atom. The van der Waals surface area contributed by atoms with Crippen molar-refractivity contribution in [2.24, 2.45) is 10.8 Å². The summed E-state index contributed by atoms with van der Waals surface area (Å²) in [6.45, 7) is 8.04. The molecule has 0 radical (unpaired) electrons. The summed E-state index contributed by atoms with van der Waals surface area (Å²) in [5, 5.41) is 0. The second-order valence-corrected chi connectivity index (χ2v) is 12.8. The zero-order valence-electron chi connectivity index (χ0n) is 13.6. The average molecular weight is 541 g/mol. The topological polar surface area (TPSA) is 66.8 Å². The minimum Gasteiger partial charge on any atom is -0.303 e. The van der Waals surface area contributed by atoms with Crippen molar-refractivity contribution in [3.05, 3.63) is 0 Å². The van der Waals surface area contributed by atoms with Gasteiger partial charge in [0.2, 0.25) is 3.97 Å². The number of rotatable bonds is 10. The van der Waals surface area contributed by atoms with Gasteiger partial charge in [0.15, 0.2) is 3.24 Å². The molecule has 10 heteroatoms. The molecule has 0 fully saturated rings. The Morgan fingerprint density at radius 3 is 1.78 bits per heavy atom. The van der Waals surface area contributed by atoms with Crippen molar-refractivity contribution in [1.82, 2.24) is 0 Å². The predicted octanol–water partition coefficient (Wildman–Crippen LogP) is 6.91. The van der Waals surface area contributed by atoms with Crippen molar-refractivity contribution in [2.75, 3.05) is 0 Å². The molecule has 140 valence electrons. The molecule has 0 aromatic heterocycles. The zero-order chi connectivity index (χ0) is 18.7. The summed E-state index contributed by atoms with van der Waals surface area (Å²) in [6.07, 6.45) is 3.06. The Bertz CT molecular complexity index is 435. The molecule has 0 rings (SSSR count). The van der Waals surface area contributed by atoms with Crippen LogP contribution < -0.4 is 0 Å². The summed E-state index contributed by atoms with van der Waals surface area (Å²) in [5.41, 5.74) is -1.40. The van der Waals surface area contributed by atoms with Gasteiger partial charge in [0.1, 0.15) is 0 Å². The lowest BCUT2D eigenvalue weighted by atomic mass is 9.68. The van der Waals surface area contributed by atoms with E-state index in [4.69, 9.17) is 39.3 Å². The molecule has 0 bridgehead atoms. The Labute approximate surface area is 170 Å². The van der Waals surface area contributed by atoms with E-state index in [2.05, 4.69) is 38.8 Å². The molecule has 0 spiro atoms. The molecule has 0 amide bonds. The first-order valence-corrected chi connectivity index (χ1v) is 11.6. The quantitative estimate of drug-likeness (QED) is 0.233. The summed E-state index contributed by atoms with van der Waals surface area (Å²) in [6, 6.07) is 0. The van der Waals surface area contributed by atoms with E-state index in [-0.39, 0.29) is 5.41 Å². The molecule has 0 aromatic carbocycles. The Morgan fingerprint density at radius 1 is 1.09 bits per heavy atom. The van der Waals surface area contributed by atoms with Gasteiger partial charge in [-0.15, -0.1) is 0 Å². The van der Waals surface area contributed by atoms with Crippen molar-refractivity contribution in [3.63, 3.8) is 0 Å². The minimum absolute atomic E-state index is 0.190. The molecule has 0 saturated carbocycles. The van der Waals surface area contributed by atoms with Gasteiger partial charge in [-0.05, 0) is 50.1 Å². The van der Waals surface area contributed by atoms with Crippen LogP contribution >= 0.6 is 74.5 Å². The Balaban J connectivity index is 6.21. The smallest absolute Gasteiger partial charge is 0.303 e. The maximum Gasteiger partial charge on any atom is 0.471 e. The van der Waals surface area contributed by atoms with Gasteiger partial charge in [-0.1, -0.05) is 81.8 Å². The minimum atomic E-state index is -4.88. The molecule has 4 nitrogen and oxygen atoms in total. The van der Waals surface area contributed by atoms with E-state index < -0.39 is 20.4 Å². The number of phosphoric acid groups is 1. The summed E-state index contributed by atoms with van der Waals surface area (Å²) in [4.78, 5) is 18.5. The van der Waals surface area contributed by atoms with E-state index in [9.17, 15) is 14.4 Å². The first kappa shape index (κ1) is 24.9. The van der Waals surface area contributed by atoms with Crippen molar-refractivity contribution in [3.8, 4) is 0 Å². The van der Waals surface area contributed by atoms with E-state index in [1.165, 1.54) is 0 Å². The van der Waals surface area contributed by atoms with Crippen LogP contribution in [0, 0.1) is 10.8 Å². The van der Waals surface area contributed by atoms with Gasteiger partial charge in [0.05, 0.1) is 5.41 Å². The van der Waals surface area contributed by atoms with Gasteiger partial charge in [-0.25, -0.2) is 4.57 Å². The molecule has 2 atom stereocenters. The number of hydrogen-bond acceptors (Lipinski definition) is 2.